The number of carboxylic acids is 1. The summed E-state index contributed by atoms with van der Waals surface area (Å²) in [7, 11) is 0. The molecule has 0 saturated heterocycles. The molecule has 7 nitrogen and oxygen atoms in total. The Morgan fingerprint density at radius 2 is 1.59 bits per heavy atom. The molecule has 4 aromatic carbocycles. The molecule has 0 bridgehead atoms. The maximum Gasteiger partial charge on any atom is 0.337 e. The van der Waals surface area contributed by atoms with E-state index in [2.05, 4.69) is 16.7 Å². The first-order valence-electron chi connectivity index (χ1n) is 13.7. The van der Waals surface area contributed by atoms with E-state index in [1.807, 2.05) is 97.1 Å². The van der Waals surface area contributed by atoms with Crippen LogP contribution < -0.4 is 15.5 Å². The van der Waals surface area contributed by atoms with Crippen LogP contribution in [0.3, 0.4) is 0 Å². The number of carbonyl (C=O) groups excluding carboxylic acids is 2. The Morgan fingerprint density at radius 1 is 0.841 bits per heavy atom. The van der Waals surface area contributed by atoms with Gasteiger partial charge in [-0.15, -0.1) is 23.5 Å². The maximum absolute atomic E-state index is 13.8. The average molecular weight is 640 g/mol. The third kappa shape index (κ3) is 6.40. The number of hydrogen-bond acceptors (Lipinski definition) is 5. The summed E-state index contributed by atoms with van der Waals surface area (Å²) in [5, 5.41) is 14.9. The van der Waals surface area contributed by atoms with Gasteiger partial charge in [0.2, 0.25) is 5.91 Å². The van der Waals surface area contributed by atoms with Gasteiger partial charge in [-0.3, -0.25) is 9.69 Å². The Labute approximate surface area is 268 Å². The number of benzene rings is 4. The Morgan fingerprint density at radius 3 is 2.41 bits per heavy atom. The minimum Gasteiger partial charge on any atom is -0.478 e. The second kappa shape index (κ2) is 13.1. The highest BCUT2D eigenvalue weighted by molar-refractivity contribution is 8.00. The van der Waals surface area contributed by atoms with Gasteiger partial charge in [0.15, 0.2) is 0 Å². The Hall–Kier alpha value is -4.44. The molecule has 3 amide bonds. The summed E-state index contributed by atoms with van der Waals surface area (Å²) in [5.74, 6) is -1.52. The summed E-state index contributed by atoms with van der Waals surface area (Å²) in [6, 6.07) is 28.6. The minimum absolute atomic E-state index is 0.0848. The van der Waals surface area contributed by atoms with Crippen molar-refractivity contribution in [3.63, 3.8) is 0 Å². The van der Waals surface area contributed by atoms with Gasteiger partial charge in [0.05, 0.1) is 27.6 Å². The highest BCUT2D eigenvalue weighted by Gasteiger charge is 2.36. The van der Waals surface area contributed by atoms with Gasteiger partial charge in [0, 0.05) is 21.2 Å². The van der Waals surface area contributed by atoms with Crippen LogP contribution in [0.5, 0.6) is 0 Å². The first-order valence-corrected chi connectivity index (χ1v) is 15.9. The maximum atomic E-state index is 13.8. The summed E-state index contributed by atoms with van der Waals surface area (Å²) in [6.07, 6.45) is 8.14. The molecule has 0 spiro atoms. The van der Waals surface area contributed by atoms with Crippen LogP contribution in [0.2, 0.25) is 5.02 Å². The number of anilines is 3. The molecule has 1 heterocycles. The SMILES string of the molecule is O=C(O)c1cc(NC(=O)C(Sc2cccc(NC(=O)N3c4ccccc4SC4C=CC=CC43)c2)c2ccccc2)ccc1Cl. The fourth-order valence-corrected chi connectivity index (χ4v) is 7.61. The van der Waals surface area contributed by atoms with Crippen LogP contribution in [-0.2, 0) is 4.79 Å². The number of carbonyl (C=O) groups is 3. The third-order valence-corrected chi connectivity index (χ3v) is 9.99. The highest BCUT2D eigenvalue weighted by Crippen LogP contribution is 2.44. The third-order valence-electron chi connectivity index (χ3n) is 7.11. The molecule has 0 aromatic heterocycles. The van der Waals surface area contributed by atoms with Crippen molar-refractivity contribution >= 4 is 70.1 Å². The fourth-order valence-electron chi connectivity index (χ4n) is 5.07. The Kier molecular flexibility index (Phi) is 8.79. The Bertz CT molecular complexity index is 1800. The molecule has 1 aliphatic carbocycles. The number of para-hydroxylation sites is 1. The Balaban J connectivity index is 1.23. The predicted molar refractivity (Wildman–Crippen MR) is 178 cm³/mol. The number of rotatable bonds is 7. The van der Waals surface area contributed by atoms with Crippen molar-refractivity contribution in [3.8, 4) is 0 Å². The molecule has 3 atom stereocenters. The van der Waals surface area contributed by atoms with Gasteiger partial charge >= 0.3 is 12.0 Å². The average Bonchev–Trinajstić information content (AvgIpc) is 3.03. The van der Waals surface area contributed by atoms with Gasteiger partial charge in [-0.05, 0) is 54.1 Å². The molecule has 1 aliphatic heterocycles. The molecule has 0 radical (unpaired) electrons. The topological polar surface area (TPSA) is 98.7 Å². The van der Waals surface area contributed by atoms with Gasteiger partial charge < -0.3 is 15.7 Å². The number of hydrogen-bond donors (Lipinski definition) is 3. The van der Waals surface area contributed by atoms with Crippen LogP contribution in [0.4, 0.5) is 21.9 Å². The van der Waals surface area contributed by atoms with E-state index in [0.29, 0.717) is 11.4 Å². The zero-order valence-electron chi connectivity index (χ0n) is 23.1. The summed E-state index contributed by atoms with van der Waals surface area (Å²) < 4.78 is 0. The zero-order chi connectivity index (χ0) is 30.6. The van der Waals surface area contributed by atoms with E-state index >= 15 is 0 Å². The number of thioether (sulfide) groups is 2. The monoisotopic (exact) mass is 639 g/mol. The van der Waals surface area contributed by atoms with Crippen molar-refractivity contribution in [1.29, 1.82) is 0 Å². The van der Waals surface area contributed by atoms with Crippen molar-refractivity contribution in [2.24, 2.45) is 0 Å². The molecule has 2 aliphatic rings. The number of halogens is 1. The van der Waals surface area contributed by atoms with Crippen LogP contribution in [0, 0.1) is 0 Å². The first kappa shape index (κ1) is 29.6. The molecule has 4 aromatic rings. The van der Waals surface area contributed by atoms with Crippen LogP contribution >= 0.6 is 35.1 Å². The predicted octanol–water partition coefficient (Wildman–Crippen LogP) is 8.52. The quantitative estimate of drug-likeness (QED) is 0.175. The molecule has 0 saturated carbocycles. The lowest BCUT2D eigenvalue weighted by Gasteiger charge is -2.40. The molecular weight excluding hydrogens is 614 g/mol. The zero-order valence-corrected chi connectivity index (χ0v) is 25.5. The van der Waals surface area contributed by atoms with E-state index in [1.165, 1.54) is 23.9 Å². The van der Waals surface area contributed by atoms with E-state index in [4.69, 9.17) is 11.6 Å². The van der Waals surface area contributed by atoms with Crippen LogP contribution in [0.15, 0.2) is 131 Å². The van der Waals surface area contributed by atoms with Crippen molar-refractivity contribution in [2.75, 3.05) is 15.5 Å². The van der Waals surface area contributed by atoms with Crippen LogP contribution in [0.1, 0.15) is 21.2 Å². The molecule has 10 heteroatoms. The lowest BCUT2D eigenvalue weighted by Crippen LogP contribution is -2.49. The molecule has 0 fully saturated rings. The van der Waals surface area contributed by atoms with E-state index < -0.39 is 11.2 Å². The number of allylic oxidation sites excluding steroid dienone is 2. The largest absolute Gasteiger partial charge is 0.478 e. The van der Waals surface area contributed by atoms with E-state index in [9.17, 15) is 19.5 Å². The van der Waals surface area contributed by atoms with Gasteiger partial charge in [0.25, 0.3) is 0 Å². The van der Waals surface area contributed by atoms with Gasteiger partial charge in [-0.2, -0.15) is 0 Å². The van der Waals surface area contributed by atoms with Crippen molar-refractivity contribution in [1.82, 2.24) is 0 Å². The second-order valence-corrected chi connectivity index (χ2v) is 12.8. The van der Waals surface area contributed by atoms with Gasteiger partial charge in [0.1, 0.15) is 5.25 Å². The number of urea groups is 1. The number of amides is 3. The number of nitrogens with one attached hydrogen (secondary N) is 2. The number of fused-ring (bicyclic) bond motifs is 2. The lowest BCUT2D eigenvalue weighted by atomic mass is 10.1. The van der Waals surface area contributed by atoms with Crippen molar-refractivity contribution in [3.05, 3.63) is 138 Å². The van der Waals surface area contributed by atoms with E-state index in [1.54, 1.807) is 22.7 Å². The lowest BCUT2D eigenvalue weighted by molar-refractivity contribution is -0.115. The molecule has 3 N–H and O–H groups in total. The summed E-state index contributed by atoms with van der Waals surface area (Å²) >= 11 is 9.08. The molecule has 6 rings (SSSR count). The van der Waals surface area contributed by atoms with Crippen LogP contribution in [-0.4, -0.2) is 34.3 Å². The smallest absolute Gasteiger partial charge is 0.337 e. The van der Waals surface area contributed by atoms with E-state index in [0.717, 1.165) is 21.0 Å². The summed E-state index contributed by atoms with van der Waals surface area (Å²) in [4.78, 5) is 42.5. The summed E-state index contributed by atoms with van der Waals surface area (Å²) in [5.41, 5.74) is 2.44. The molecule has 44 heavy (non-hydrogen) atoms. The highest BCUT2D eigenvalue weighted by atomic mass is 35.5. The minimum atomic E-state index is -1.18. The van der Waals surface area contributed by atoms with Gasteiger partial charge in [-0.1, -0.05) is 84.4 Å². The standard InChI is InChI=1S/C34H26ClN3O4S2/c35-26-18-17-23(20-25(26)33(40)41)36-32(39)31(21-9-2-1-3-10-21)43-24-12-8-11-22(19-24)37-34(42)38-27-13-4-6-15-29(27)44-30-16-7-5-14-28(30)38/h1-20,27,29,31H,(H,36,39)(H,37,42)(H,40,41). The second-order valence-electron chi connectivity index (χ2n) is 10.0. The number of nitrogens with zero attached hydrogens (tertiary/aromatic N) is 1. The van der Waals surface area contributed by atoms with Crippen molar-refractivity contribution < 1.29 is 19.5 Å². The summed E-state index contributed by atoms with van der Waals surface area (Å²) in [6.45, 7) is 0. The molecule has 220 valence electrons. The molecular formula is C34H26ClN3O4S2. The number of carboxylic acid groups (broad SMARTS) is 1. The molecule has 3 unspecified atom stereocenters. The first-order chi connectivity index (χ1) is 21.4. The van der Waals surface area contributed by atoms with E-state index in [-0.39, 0.29) is 33.8 Å². The number of aromatic carboxylic acids is 1. The van der Waals surface area contributed by atoms with Crippen molar-refractivity contribution in [2.45, 2.75) is 26.3 Å². The fraction of sp³-hybridized carbons (Fsp3) is 0.0882. The van der Waals surface area contributed by atoms with Crippen LogP contribution in [0.25, 0.3) is 0 Å². The normalized spacial score (nSPS) is 17.2. The van der Waals surface area contributed by atoms with Gasteiger partial charge in [-0.25, -0.2) is 9.59 Å².